The summed E-state index contributed by atoms with van der Waals surface area (Å²) in [5.74, 6) is -2.02. The summed E-state index contributed by atoms with van der Waals surface area (Å²) in [6.07, 6.45) is 0. The van der Waals surface area contributed by atoms with Crippen molar-refractivity contribution in [1.82, 2.24) is 4.90 Å². The molecule has 1 saturated heterocycles. The van der Waals surface area contributed by atoms with E-state index in [9.17, 15) is 18.4 Å². The van der Waals surface area contributed by atoms with Crippen LogP contribution in [0, 0.1) is 11.6 Å². The molecule has 0 aromatic heterocycles. The molecular weight excluding hydrogens is 442 g/mol. The van der Waals surface area contributed by atoms with E-state index in [1.165, 1.54) is 17.8 Å². The van der Waals surface area contributed by atoms with E-state index in [-0.39, 0.29) is 17.0 Å². The Balaban J connectivity index is 1.47. The highest BCUT2D eigenvalue weighted by Crippen LogP contribution is 2.39. The second-order valence-corrected chi connectivity index (χ2v) is 8.52. The zero-order valence-corrected chi connectivity index (χ0v) is 17.7. The van der Waals surface area contributed by atoms with Gasteiger partial charge in [0.15, 0.2) is 11.6 Å². The molecule has 0 saturated carbocycles. The maximum absolute atomic E-state index is 13.3. The lowest BCUT2D eigenvalue weighted by molar-refractivity contribution is -0.128. The van der Waals surface area contributed by atoms with Crippen LogP contribution in [0.25, 0.3) is 0 Å². The summed E-state index contributed by atoms with van der Waals surface area (Å²) in [4.78, 5) is 26.6. The third-order valence-corrected chi connectivity index (χ3v) is 6.38. The number of nitrogens with zero attached hydrogens (tertiary/aromatic N) is 1. The smallest absolute Gasteiger partial charge is 0.255 e. The molecule has 0 aliphatic carbocycles. The molecule has 3 aromatic carbocycles. The Bertz CT molecular complexity index is 1120. The van der Waals surface area contributed by atoms with Gasteiger partial charge in [-0.15, -0.1) is 11.8 Å². The number of amides is 2. The molecule has 1 N–H and O–H groups in total. The van der Waals surface area contributed by atoms with Crippen molar-refractivity contribution in [2.45, 2.75) is 11.9 Å². The second-order valence-electron chi connectivity index (χ2n) is 7.02. The summed E-state index contributed by atoms with van der Waals surface area (Å²) in [6.45, 7) is 0.464. The molecule has 3 aromatic rings. The van der Waals surface area contributed by atoms with Crippen LogP contribution in [-0.4, -0.2) is 22.5 Å². The molecule has 0 bridgehead atoms. The van der Waals surface area contributed by atoms with Crippen molar-refractivity contribution in [2.24, 2.45) is 0 Å². The van der Waals surface area contributed by atoms with Gasteiger partial charge < -0.3 is 10.2 Å². The van der Waals surface area contributed by atoms with E-state index in [0.29, 0.717) is 22.9 Å². The molecule has 0 spiro atoms. The number of carbonyl (C=O) groups is 2. The maximum atomic E-state index is 13.3. The Kier molecular flexibility index (Phi) is 6.25. The molecule has 0 unspecified atom stereocenters. The Morgan fingerprint density at radius 1 is 1.03 bits per heavy atom. The standard InChI is InChI=1S/C23H17ClF2N2O2S/c24-17-7-1-14(2-8-17)12-28-21(29)13-31-23(28)16-5-3-15(4-6-16)22(30)27-18-9-10-19(25)20(26)11-18/h1-11,23H,12-13H2,(H,27,30)/t23-/m0/s1. The van der Waals surface area contributed by atoms with E-state index in [1.807, 2.05) is 12.1 Å². The summed E-state index contributed by atoms with van der Waals surface area (Å²) in [7, 11) is 0. The normalized spacial score (nSPS) is 15.9. The largest absolute Gasteiger partial charge is 0.322 e. The fraction of sp³-hybridized carbons (Fsp3) is 0.130. The monoisotopic (exact) mass is 458 g/mol. The molecule has 0 radical (unpaired) electrons. The number of rotatable bonds is 5. The number of benzene rings is 3. The summed E-state index contributed by atoms with van der Waals surface area (Å²) >= 11 is 7.46. The van der Waals surface area contributed by atoms with Crippen molar-refractivity contribution >= 4 is 40.9 Å². The lowest BCUT2D eigenvalue weighted by atomic mass is 10.1. The molecular formula is C23H17ClF2N2O2S. The van der Waals surface area contributed by atoms with Gasteiger partial charge in [0.25, 0.3) is 5.91 Å². The SMILES string of the molecule is O=C(Nc1ccc(F)c(F)c1)c1ccc([C@@H]2SCC(=O)N2Cc2ccc(Cl)cc2)cc1. The molecule has 1 aliphatic rings. The van der Waals surface area contributed by atoms with Gasteiger partial charge in [-0.2, -0.15) is 0 Å². The van der Waals surface area contributed by atoms with Crippen molar-refractivity contribution in [3.63, 3.8) is 0 Å². The van der Waals surface area contributed by atoms with E-state index in [2.05, 4.69) is 5.32 Å². The van der Waals surface area contributed by atoms with Crippen molar-refractivity contribution in [2.75, 3.05) is 11.1 Å². The Labute approximate surface area is 187 Å². The molecule has 4 nitrogen and oxygen atoms in total. The molecule has 1 fully saturated rings. The first-order valence-corrected chi connectivity index (χ1v) is 10.9. The molecule has 8 heteroatoms. The van der Waals surface area contributed by atoms with Crippen molar-refractivity contribution in [1.29, 1.82) is 0 Å². The van der Waals surface area contributed by atoms with Gasteiger partial charge in [0, 0.05) is 28.9 Å². The second kappa shape index (κ2) is 9.08. The van der Waals surface area contributed by atoms with Crippen LogP contribution < -0.4 is 5.32 Å². The van der Waals surface area contributed by atoms with Gasteiger partial charge >= 0.3 is 0 Å². The highest BCUT2D eigenvalue weighted by atomic mass is 35.5. The van der Waals surface area contributed by atoms with Crippen molar-refractivity contribution < 1.29 is 18.4 Å². The highest BCUT2D eigenvalue weighted by molar-refractivity contribution is 8.00. The van der Waals surface area contributed by atoms with Crippen LogP contribution in [-0.2, 0) is 11.3 Å². The minimum absolute atomic E-state index is 0.0464. The van der Waals surface area contributed by atoms with E-state index in [0.717, 1.165) is 23.3 Å². The average molecular weight is 459 g/mol. The van der Waals surface area contributed by atoms with Gasteiger partial charge in [0.2, 0.25) is 5.91 Å². The third-order valence-electron chi connectivity index (χ3n) is 4.87. The van der Waals surface area contributed by atoms with Crippen LogP contribution in [0.5, 0.6) is 0 Å². The highest BCUT2D eigenvalue weighted by Gasteiger charge is 2.32. The topological polar surface area (TPSA) is 49.4 Å². The first kappa shape index (κ1) is 21.3. The first-order valence-electron chi connectivity index (χ1n) is 9.42. The van der Waals surface area contributed by atoms with E-state index >= 15 is 0 Å². The molecule has 1 heterocycles. The number of hydrogen-bond acceptors (Lipinski definition) is 3. The van der Waals surface area contributed by atoms with E-state index < -0.39 is 17.5 Å². The molecule has 4 rings (SSSR count). The molecule has 158 valence electrons. The Hall–Kier alpha value is -2.90. The lowest BCUT2D eigenvalue weighted by Gasteiger charge is -2.24. The number of anilines is 1. The average Bonchev–Trinajstić information content (AvgIpc) is 3.12. The summed E-state index contributed by atoms with van der Waals surface area (Å²) in [5, 5.41) is 3.02. The molecule has 31 heavy (non-hydrogen) atoms. The van der Waals surface area contributed by atoms with Crippen molar-refractivity contribution in [3.05, 3.63) is 100 Å². The van der Waals surface area contributed by atoms with Crippen molar-refractivity contribution in [3.8, 4) is 0 Å². The minimum atomic E-state index is -1.03. The van der Waals surface area contributed by atoms with Gasteiger partial charge in [-0.3, -0.25) is 9.59 Å². The van der Waals surface area contributed by atoms with Gasteiger partial charge in [-0.05, 0) is 47.5 Å². The Morgan fingerprint density at radius 3 is 2.42 bits per heavy atom. The fourth-order valence-electron chi connectivity index (χ4n) is 3.26. The number of carbonyl (C=O) groups excluding carboxylic acids is 2. The fourth-order valence-corrected chi connectivity index (χ4v) is 4.58. The minimum Gasteiger partial charge on any atom is -0.322 e. The number of hydrogen-bond donors (Lipinski definition) is 1. The zero-order valence-electron chi connectivity index (χ0n) is 16.1. The van der Waals surface area contributed by atoms with Gasteiger partial charge in [0.1, 0.15) is 5.37 Å². The molecule has 2 amide bonds. The third kappa shape index (κ3) is 4.89. The predicted octanol–water partition coefficient (Wildman–Crippen LogP) is 5.64. The van der Waals surface area contributed by atoms with Crippen LogP contribution in [0.1, 0.15) is 26.9 Å². The van der Waals surface area contributed by atoms with Crippen LogP contribution >= 0.6 is 23.4 Å². The summed E-state index contributed by atoms with van der Waals surface area (Å²) < 4.78 is 26.4. The van der Waals surface area contributed by atoms with Gasteiger partial charge in [0.05, 0.1) is 5.75 Å². The van der Waals surface area contributed by atoms with Crippen LogP contribution in [0.4, 0.5) is 14.5 Å². The van der Waals surface area contributed by atoms with Crippen LogP contribution in [0.2, 0.25) is 5.02 Å². The number of nitrogens with one attached hydrogen (secondary N) is 1. The van der Waals surface area contributed by atoms with Crippen LogP contribution in [0.15, 0.2) is 66.7 Å². The maximum Gasteiger partial charge on any atom is 0.255 e. The number of halogens is 3. The van der Waals surface area contributed by atoms with Gasteiger partial charge in [-0.1, -0.05) is 35.9 Å². The number of thioether (sulfide) groups is 1. The molecule has 1 aliphatic heterocycles. The Morgan fingerprint density at radius 2 is 1.74 bits per heavy atom. The predicted molar refractivity (Wildman–Crippen MR) is 118 cm³/mol. The lowest BCUT2D eigenvalue weighted by Crippen LogP contribution is -2.27. The summed E-state index contributed by atoms with van der Waals surface area (Å²) in [5.41, 5.74) is 2.41. The molecule has 1 atom stereocenters. The summed E-state index contributed by atoms with van der Waals surface area (Å²) in [6, 6.07) is 17.4. The quantitative estimate of drug-likeness (QED) is 0.538. The van der Waals surface area contributed by atoms with Gasteiger partial charge in [-0.25, -0.2) is 8.78 Å². The van der Waals surface area contributed by atoms with E-state index in [1.54, 1.807) is 41.3 Å². The van der Waals surface area contributed by atoms with E-state index in [4.69, 9.17) is 11.6 Å². The van der Waals surface area contributed by atoms with Crippen LogP contribution in [0.3, 0.4) is 0 Å². The first-order chi connectivity index (χ1) is 14.9. The zero-order chi connectivity index (χ0) is 22.0.